The molecule has 1 aliphatic heterocycles. The molecule has 3 aromatic carbocycles. The quantitative estimate of drug-likeness (QED) is 0.403. The molecule has 0 spiro atoms. The highest BCUT2D eigenvalue weighted by Gasteiger charge is 2.16. The molecule has 3 aromatic rings. The second kappa shape index (κ2) is 11.1. The number of carboxylic acids is 1. The Bertz CT molecular complexity index is 1130. The van der Waals surface area contributed by atoms with Gasteiger partial charge in [0.1, 0.15) is 5.82 Å². The van der Waals surface area contributed by atoms with Crippen LogP contribution in [0.25, 0.3) is 23.3 Å². The highest BCUT2D eigenvalue weighted by molar-refractivity contribution is 5.94. The number of carboxylic acid groups (broad SMARTS) is 1. The fourth-order valence-electron chi connectivity index (χ4n) is 4.31. The Morgan fingerprint density at radius 3 is 2.24 bits per heavy atom. The van der Waals surface area contributed by atoms with Gasteiger partial charge in [-0.05, 0) is 71.6 Å². The van der Waals surface area contributed by atoms with Crippen LogP contribution in [0.2, 0.25) is 0 Å². The fraction of sp³-hybridized carbons (Fsp3) is 0.276. The SMILES string of the molecule is CCCCN1CCN(c2ccc(/C=C/c3cc(-c4ccc(F)cc4)ccc3C(=O)O)cc2)CC1. The first-order chi connectivity index (χ1) is 16.5. The average Bonchev–Trinajstić information content (AvgIpc) is 2.87. The van der Waals surface area contributed by atoms with Crippen LogP contribution in [-0.2, 0) is 0 Å². The van der Waals surface area contributed by atoms with Crippen LogP contribution in [0.15, 0.2) is 66.7 Å². The number of halogens is 1. The predicted molar refractivity (Wildman–Crippen MR) is 138 cm³/mol. The van der Waals surface area contributed by atoms with Crippen molar-refractivity contribution >= 4 is 23.8 Å². The average molecular weight is 459 g/mol. The summed E-state index contributed by atoms with van der Waals surface area (Å²) in [6.07, 6.45) is 6.26. The third-order valence-electron chi connectivity index (χ3n) is 6.37. The van der Waals surface area contributed by atoms with E-state index in [1.165, 1.54) is 37.2 Å². The summed E-state index contributed by atoms with van der Waals surface area (Å²) in [4.78, 5) is 16.7. The van der Waals surface area contributed by atoms with E-state index < -0.39 is 5.97 Å². The van der Waals surface area contributed by atoms with Gasteiger partial charge < -0.3 is 10.0 Å². The molecule has 0 aromatic heterocycles. The number of benzene rings is 3. The summed E-state index contributed by atoms with van der Waals surface area (Å²) < 4.78 is 13.3. The zero-order valence-electron chi connectivity index (χ0n) is 19.6. The van der Waals surface area contributed by atoms with Gasteiger partial charge in [-0.1, -0.05) is 55.8 Å². The smallest absolute Gasteiger partial charge is 0.336 e. The van der Waals surface area contributed by atoms with E-state index >= 15 is 0 Å². The van der Waals surface area contributed by atoms with Crippen LogP contribution in [0.5, 0.6) is 0 Å². The number of hydrogen-bond donors (Lipinski definition) is 1. The molecule has 0 atom stereocenters. The van der Waals surface area contributed by atoms with Crippen LogP contribution >= 0.6 is 0 Å². The van der Waals surface area contributed by atoms with Gasteiger partial charge in [-0.25, -0.2) is 9.18 Å². The predicted octanol–water partition coefficient (Wildman–Crippen LogP) is 6.28. The lowest BCUT2D eigenvalue weighted by Gasteiger charge is -2.36. The number of nitrogens with zero attached hydrogens (tertiary/aromatic N) is 2. The first-order valence-electron chi connectivity index (χ1n) is 11.9. The number of aromatic carboxylic acids is 1. The van der Waals surface area contributed by atoms with Crippen molar-refractivity contribution in [2.24, 2.45) is 0 Å². The molecule has 34 heavy (non-hydrogen) atoms. The first kappa shape index (κ1) is 23.7. The first-order valence-corrected chi connectivity index (χ1v) is 11.9. The van der Waals surface area contributed by atoms with Crippen LogP contribution in [0.4, 0.5) is 10.1 Å². The zero-order valence-corrected chi connectivity index (χ0v) is 19.6. The standard InChI is InChI=1S/C29H31FN2O2/c1-2-3-16-31-17-19-32(20-18-31)27-13-5-22(6-14-27)4-7-25-21-24(10-15-28(25)29(33)34)23-8-11-26(30)12-9-23/h4-15,21H,2-3,16-20H2,1H3,(H,33,34)/b7-4+. The number of rotatable bonds is 8. The maximum atomic E-state index is 13.3. The van der Waals surface area contributed by atoms with Crippen molar-refractivity contribution < 1.29 is 14.3 Å². The maximum absolute atomic E-state index is 13.3. The molecule has 0 unspecified atom stereocenters. The molecule has 1 saturated heterocycles. The molecule has 0 aliphatic carbocycles. The van der Waals surface area contributed by atoms with Gasteiger partial charge in [-0.15, -0.1) is 0 Å². The number of unbranched alkanes of at least 4 members (excludes halogenated alkanes) is 1. The Labute approximate surface area is 201 Å². The molecule has 1 fully saturated rings. The van der Waals surface area contributed by atoms with Gasteiger partial charge in [-0.2, -0.15) is 0 Å². The molecule has 1 heterocycles. The minimum absolute atomic E-state index is 0.236. The normalized spacial score (nSPS) is 14.6. The molecule has 0 radical (unpaired) electrons. The van der Waals surface area contributed by atoms with Crippen LogP contribution in [-0.4, -0.2) is 48.7 Å². The van der Waals surface area contributed by atoms with Crippen LogP contribution < -0.4 is 4.90 Å². The molecule has 1 aliphatic rings. The van der Waals surface area contributed by atoms with Crippen molar-refractivity contribution in [3.63, 3.8) is 0 Å². The fourth-order valence-corrected chi connectivity index (χ4v) is 4.31. The summed E-state index contributed by atoms with van der Waals surface area (Å²) >= 11 is 0. The monoisotopic (exact) mass is 458 g/mol. The molecule has 0 bridgehead atoms. The highest BCUT2D eigenvalue weighted by atomic mass is 19.1. The van der Waals surface area contributed by atoms with Gasteiger partial charge in [0.15, 0.2) is 0 Å². The molecule has 0 saturated carbocycles. The van der Waals surface area contributed by atoms with Gasteiger partial charge in [0, 0.05) is 31.9 Å². The van der Waals surface area contributed by atoms with E-state index in [0.717, 1.165) is 42.9 Å². The molecule has 0 amide bonds. The molecule has 4 nitrogen and oxygen atoms in total. The zero-order chi connectivity index (χ0) is 23.9. The Morgan fingerprint density at radius 1 is 0.912 bits per heavy atom. The van der Waals surface area contributed by atoms with Gasteiger partial charge in [-0.3, -0.25) is 4.90 Å². The largest absolute Gasteiger partial charge is 0.478 e. The summed E-state index contributed by atoms with van der Waals surface area (Å²) in [5.41, 5.74) is 4.76. The Kier molecular flexibility index (Phi) is 7.76. The van der Waals surface area contributed by atoms with Crippen molar-refractivity contribution in [1.29, 1.82) is 0 Å². The second-order valence-corrected chi connectivity index (χ2v) is 8.72. The summed E-state index contributed by atoms with van der Waals surface area (Å²) in [7, 11) is 0. The van der Waals surface area contributed by atoms with Crippen molar-refractivity contribution in [1.82, 2.24) is 4.90 Å². The minimum Gasteiger partial charge on any atom is -0.478 e. The highest BCUT2D eigenvalue weighted by Crippen LogP contribution is 2.25. The number of piperazine rings is 1. The lowest BCUT2D eigenvalue weighted by molar-refractivity contribution is 0.0696. The van der Waals surface area contributed by atoms with Crippen LogP contribution in [0.3, 0.4) is 0 Å². The Morgan fingerprint density at radius 2 is 1.59 bits per heavy atom. The van der Waals surface area contributed by atoms with Crippen LogP contribution in [0, 0.1) is 5.82 Å². The van der Waals surface area contributed by atoms with E-state index in [2.05, 4.69) is 41.0 Å². The Balaban J connectivity index is 1.47. The number of carbonyl (C=O) groups is 1. The van der Waals surface area contributed by atoms with Crippen molar-refractivity contribution in [3.8, 4) is 11.1 Å². The minimum atomic E-state index is -0.973. The van der Waals surface area contributed by atoms with Crippen molar-refractivity contribution in [2.75, 3.05) is 37.6 Å². The van der Waals surface area contributed by atoms with E-state index in [1.54, 1.807) is 24.3 Å². The summed E-state index contributed by atoms with van der Waals surface area (Å²) in [6, 6.07) is 19.8. The maximum Gasteiger partial charge on any atom is 0.336 e. The molecule has 176 valence electrons. The molecular weight excluding hydrogens is 427 g/mol. The molecular formula is C29H31FN2O2. The van der Waals surface area contributed by atoms with E-state index in [9.17, 15) is 14.3 Å². The Hall–Kier alpha value is -3.44. The van der Waals surface area contributed by atoms with Crippen LogP contribution in [0.1, 0.15) is 41.3 Å². The topological polar surface area (TPSA) is 43.8 Å². The van der Waals surface area contributed by atoms with E-state index in [4.69, 9.17) is 0 Å². The summed E-state index contributed by atoms with van der Waals surface area (Å²) in [5, 5.41) is 9.62. The lowest BCUT2D eigenvalue weighted by atomic mass is 9.98. The van der Waals surface area contributed by atoms with Crippen molar-refractivity contribution in [3.05, 3.63) is 89.2 Å². The van der Waals surface area contributed by atoms with E-state index in [1.807, 2.05) is 18.2 Å². The summed E-state index contributed by atoms with van der Waals surface area (Å²) in [6.45, 7) is 7.70. The van der Waals surface area contributed by atoms with Gasteiger partial charge >= 0.3 is 5.97 Å². The van der Waals surface area contributed by atoms with E-state index in [-0.39, 0.29) is 11.4 Å². The lowest BCUT2D eigenvalue weighted by Crippen LogP contribution is -2.46. The number of hydrogen-bond acceptors (Lipinski definition) is 3. The third-order valence-corrected chi connectivity index (χ3v) is 6.37. The van der Waals surface area contributed by atoms with E-state index in [0.29, 0.717) is 5.56 Å². The molecule has 4 rings (SSSR count). The van der Waals surface area contributed by atoms with Crippen molar-refractivity contribution in [2.45, 2.75) is 19.8 Å². The number of anilines is 1. The van der Waals surface area contributed by atoms with Gasteiger partial charge in [0.2, 0.25) is 0 Å². The van der Waals surface area contributed by atoms with Gasteiger partial charge in [0.05, 0.1) is 5.56 Å². The second-order valence-electron chi connectivity index (χ2n) is 8.72. The molecule has 5 heteroatoms. The third kappa shape index (κ3) is 5.91. The summed E-state index contributed by atoms with van der Waals surface area (Å²) in [5.74, 6) is -1.27. The van der Waals surface area contributed by atoms with Gasteiger partial charge in [0.25, 0.3) is 0 Å². The molecule has 1 N–H and O–H groups in total.